The summed E-state index contributed by atoms with van der Waals surface area (Å²) in [5, 5.41) is 3.56. The van der Waals surface area contributed by atoms with Gasteiger partial charge in [-0.3, -0.25) is 14.4 Å². The molecule has 0 spiro atoms. The molecule has 0 saturated heterocycles. The van der Waals surface area contributed by atoms with Crippen molar-refractivity contribution in [1.29, 1.82) is 0 Å². The highest BCUT2D eigenvalue weighted by Crippen LogP contribution is 2.48. The second-order valence-corrected chi connectivity index (χ2v) is 9.73. The van der Waals surface area contributed by atoms with Crippen molar-refractivity contribution in [3.05, 3.63) is 108 Å². The summed E-state index contributed by atoms with van der Waals surface area (Å²) in [6.07, 6.45) is 9.57. The van der Waals surface area contributed by atoms with E-state index in [1.165, 1.54) is 55.3 Å². The summed E-state index contributed by atoms with van der Waals surface area (Å²) in [4.78, 5) is 14.1. The normalized spacial score (nSPS) is 13.5. The van der Waals surface area contributed by atoms with Crippen molar-refractivity contribution in [2.45, 2.75) is 12.8 Å². The number of hydrogen-bond acceptors (Lipinski definition) is 3. The first-order chi connectivity index (χ1) is 17.3. The van der Waals surface area contributed by atoms with E-state index in [4.69, 9.17) is 4.98 Å². The Balaban J connectivity index is 1.48. The first kappa shape index (κ1) is 17.8. The third kappa shape index (κ3) is 2.15. The summed E-state index contributed by atoms with van der Waals surface area (Å²) in [5.74, 6) is 0. The van der Waals surface area contributed by atoms with Crippen LogP contribution in [0.3, 0.4) is 0 Å². The van der Waals surface area contributed by atoms with E-state index in [2.05, 4.69) is 69.0 Å². The van der Waals surface area contributed by atoms with Gasteiger partial charge in [-0.05, 0) is 80.9 Å². The number of benzene rings is 3. The fourth-order valence-corrected chi connectivity index (χ4v) is 6.50. The number of rotatable bonds is 0. The van der Waals surface area contributed by atoms with E-state index in [1.807, 2.05) is 30.9 Å². The molecule has 0 fully saturated rings. The Morgan fingerprint density at radius 2 is 1.49 bits per heavy atom. The fourth-order valence-electron chi connectivity index (χ4n) is 6.50. The molecular weight excluding hydrogens is 428 g/mol. The zero-order valence-electron chi connectivity index (χ0n) is 18.8. The Bertz CT molecular complexity index is 2070. The number of imidazole rings is 1. The molecule has 35 heavy (non-hydrogen) atoms. The number of aromatic nitrogens is 4. The molecule has 4 nitrogen and oxygen atoms in total. The maximum atomic E-state index is 5.15. The summed E-state index contributed by atoms with van der Waals surface area (Å²) in [6, 6.07) is 22.4. The Morgan fingerprint density at radius 3 is 2.49 bits per heavy atom. The van der Waals surface area contributed by atoms with Crippen LogP contribution in [0.25, 0.3) is 60.6 Å². The van der Waals surface area contributed by atoms with Crippen molar-refractivity contribution in [3.63, 3.8) is 0 Å². The van der Waals surface area contributed by atoms with Crippen molar-refractivity contribution < 1.29 is 0 Å². The SMILES string of the molecule is c1ccc2c(c1)Cc1cc3c(cc1-2)-c1c(ccc2c4cnccc4n4c5cnccc5nc4c12)C3. The largest absolute Gasteiger partial charge is 0.290 e. The summed E-state index contributed by atoms with van der Waals surface area (Å²) >= 11 is 0. The lowest BCUT2D eigenvalue weighted by Gasteiger charge is -2.13. The topological polar surface area (TPSA) is 43.1 Å². The molecule has 4 heteroatoms. The third-order valence-corrected chi connectivity index (χ3v) is 7.97. The summed E-state index contributed by atoms with van der Waals surface area (Å²) < 4.78 is 2.27. The molecule has 2 aliphatic carbocycles. The van der Waals surface area contributed by atoms with Crippen LogP contribution in [0.4, 0.5) is 0 Å². The Kier molecular flexibility index (Phi) is 3.11. The van der Waals surface area contributed by atoms with Gasteiger partial charge in [0.1, 0.15) is 5.65 Å². The van der Waals surface area contributed by atoms with Crippen molar-refractivity contribution in [2.75, 3.05) is 0 Å². The Labute approximate surface area is 200 Å². The lowest BCUT2D eigenvalue weighted by molar-refractivity contribution is 1.21. The molecular formula is C31H18N4. The highest BCUT2D eigenvalue weighted by atomic mass is 15.0. The molecule has 2 aliphatic rings. The molecule has 0 radical (unpaired) electrons. The first-order valence-corrected chi connectivity index (χ1v) is 12.0. The van der Waals surface area contributed by atoms with Crippen molar-refractivity contribution in [3.8, 4) is 22.3 Å². The van der Waals surface area contributed by atoms with Crippen LogP contribution >= 0.6 is 0 Å². The van der Waals surface area contributed by atoms with E-state index in [9.17, 15) is 0 Å². The molecule has 0 atom stereocenters. The molecule has 0 bridgehead atoms. The predicted octanol–water partition coefficient (Wildman–Crippen LogP) is 6.73. The molecule has 3 aromatic carbocycles. The van der Waals surface area contributed by atoms with Gasteiger partial charge in [0.05, 0.1) is 22.7 Å². The van der Waals surface area contributed by atoms with Gasteiger partial charge >= 0.3 is 0 Å². The van der Waals surface area contributed by atoms with E-state index in [0.717, 1.165) is 40.4 Å². The van der Waals surface area contributed by atoms with Gasteiger partial charge in [0.25, 0.3) is 0 Å². The van der Waals surface area contributed by atoms with Gasteiger partial charge in [-0.1, -0.05) is 42.5 Å². The van der Waals surface area contributed by atoms with Crippen LogP contribution in [0, 0.1) is 0 Å². The van der Waals surface area contributed by atoms with E-state index in [-0.39, 0.29) is 0 Å². The monoisotopic (exact) mass is 446 g/mol. The van der Waals surface area contributed by atoms with Gasteiger partial charge in [0, 0.05) is 29.4 Å². The molecule has 0 amide bonds. The predicted molar refractivity (Wildman–Crippen MR) is 140 cm³/mol. The van der Waals surface area contributed by atoms with Crippen molar-refractivity contribution >= 4 is 38.4 Å². The quantitative estimate of drug-likeness (QED) is 0.243. The van der Waals surface area contributed by atoms with Gasteiger partial charge in [-0.2, -0.15) is 0 Å². The molecule has 4 aromatic heterocycles. The lowest BCUT2D eigenvalue weighted by atomic mass is 9.94. The molecule has 7 aromatic rings. The summed E-state index contributed by atoms with van der Waals surface area (Å²) in [7, 11) is 0. The number of pyridine rings is 3. The molecule has 0 N–H and O–H groups in total. The molecule has 0 unspecified atom stereocenters. The number of nitrogens with zero attached hydrogens (tertiary/aromatic N) is 4. The molecule has 0 saturated carbocycles. The second-order valence-electron chi connectivity index (χ2n) is 9.73. The van der Waals surface area contributed by atoms with E-state index in [1.54, 1.807) is 0 Å². The minimum absolute atomic E-state index is 0.962. The fraction of sp³-hybridized carbons (Fsp3) is 0.0645. The summed E-state index contributed by atoms with van der Waals surface area (Å²) in [6.45, 7) is 0. The average Bonchev–Trinajstić information content (AvgIpc) is 3.58. The number of hydrogen-bond donors (Lipinski definition) is 0. The van der Waals surface area contributed by atoms with Gasteiger partial charge in [-0.15, -0.1) is 0 Å². The van der Waals surface area contributed by atoms with E-state index in [0.29, 0.717) is 0 Å². The highest BCUT2D eigenvalue weighted by Gasteiger charge is 2.28. The zero-order chi connectivity index (χ0) is 22.7. The first-order valence-electron chi connectivity index (χ1n) is 12.0. The Morgan fingerprint density at radius 1 is 0.629 bits per heavy atom. The zero-order valence-corrected chi connectivity index (χ0v) is 18.8. The lowest BCUT2D eigenvalue weighted by Crippen LogP contribution is -1.94. The molecule has 9 rings (SSSR count). The summed E-state index contributed by atoms with van der Waals surface area (Å²) in [5.41, 5.74) is 15.2. The molecule has 0 aliphatic heterocycles. The van der Waals surface area contributed by atoms with Crippen LogP contribution < -0.4 is 0 Å². The minimum Gasteiger partial charge on any atom is -0.290 e. The van der Waals surface area contributed by atoms with Crippen LogP contribution in [0.5, 0.6) is 0 Å². The van der Waals surface area contributed by atoms with Crippen LogP contribution in [-0.2, 0) is 12.8 Å². The van der Waals surface area contributed by atoms with E-state index >= 15 is 0 Å². The van der Waals surface area contributed by atoms with E-state index < -0.39 is 0 Å². The Hall–Kier alpha value is -4.57. The maximum absolute atomic E-state index is 5.15. The van der Waals surface area contributed by atoms with Crippen molar-refractivity contribution in [1.82, 2.24) is 19.4 Å². The second kappa shape index (κ2) is 6.10. The van der Waals surface area contributed by atoms with Crippen molar-refractivity contribution in [2.24, 2.45) is 0 Å². The van der Waals surface area contributed by atoms with Gasteiger partial charge in [-0.25, -0.2) is 4.98 Å². The standard InChI is InChI=1S/C31H18N4/c1-2-4-21-17(3-1)11-19-13-20-12-18-5-6-22-25-15-32-10-8-27(25)35-28-16-33-9-7-26(28)34-31(35)30(22)29(18)24(20)14-23(19)21/h1-10,13-16H,11-12H2. The van der Waals surface area contributed by atoms with Gasteiger partial charge in [0.2, 0.25) is 0 Å². The maximum Gasteiger partial charge on any atom is 0.147 e. The van der Waals surface area contributed by atoms with Gasteiger partial charge < -0.3 is 0 Å². The smallest absolute Gasteiger partial charge is 0.147 e. The van der Waals surface area contributed by atoms with Crippen LogP contribution in [0.1, 0.15) is 22.3 Å². The third-order valence-electron chi connectivity index (χ3n) is 7.97. The molecule has 4 heterocycles. The van der Waals surface area contributed by atoms with Crippen LogP contribution in [0.2, 0.25) is 0 Å². The van der Waals surface area contributed by atoms with Crippen LogP contribution in [0.15, 0.2) is 85.5 Å². The van der Waals surface area contributed by atoms with Crippen LogP contribution in [-0.4, -0.2) is 19.4 Å². The molecule has 162 valence electrons. The highest BCUT2D eigenvalue weighted by molar-refractivity contribution is 6.19. The minimum atomic E-state index is 0.962. The number of fused-ring (bicyclic) bond motifs is 15. The van der Waals surface area contributed by atoms with Gasteiger partial charge in [0.15, 0.2) is 0 Å². The average molecular weight is 447 g/mol.